The van der Waals surface area contributed by atoms with E-state index in [0.717, 1.165) is 5.56 Å². The highest BCUT2D eigenvalue weighted by molar-refractivity contribution is 5.82. The van der Waals surface area contributed by atoms with Crippen molar-refractivity contribution in [2.75, 3.05) is 20.0 Å². The predicted molar refractivity (Wildman–Crippen MR) is 107 cm³/mol. The largest absolute Gasteiger partial charge is 0.493 e. The minimum Gasteiger partial charge on any atom is -0.493 e. The van der Waals surface area contributed by atoms with Crippen LogP contribution >= 0.6 is 0 Å². The normalized spacial score (nSPS) is 23.1. The van der Waals surface area contributed by atoms with E-state index >= 15 is 0 Å². The smallest absolute Gasteiger partial charge is 0.252 e. The van der Waals surface area contributed by atoms with Gasteiger partial charge in [0.1, 0.15) is 24.1 Å². The Labute approximate surface area is 176 Å². The van der Waals surface area contributed by atoms with Crippen molar-refractivity contribution in [1.82, 2.24) is 24.8 Å². The molecule has 4 atom stereocenters. The second kappa shape index (κ2) is 8.34. The molecule has 1 aliphatic rings. The van der Waals surface area contributed by atoms with Crippen LogP contribution in [0.2, 0.25) is 0 Å². The first-order valence-electron chi connectivity index (χ1n) is 9.37. The lowest BCUT2D eigenvalue weighted by Crippen LogP contribution is -2.42. The molecule has 1 saturated heterocycles. The monoisotopic (exact) mass is 430 g/mol. The van der Waals surface area contributed by atoms with Crippen molar-refractivity contribution in [3.8, 4) is 11.5 Å². The van der Waals surface area contributed by atoms with Crippen LogP contribution in [0.1, 0.15) is 11.8 Å². The van der Waals surface area contributed by atoms with E-state index in [9.17, 15) is 15.0 Å². The average molecular weight is 430 g/mol. The fourth-order valence-electron chi connectivity index (χ4n) is 3.44. The number of aliphatic hydroxyl groups is 2. The first-order chi connectivity index (χ1) is 14.9. The molecule has 2 aromatic heterocycles. The van der Waals surface area contributed by atoms with E-state index < -0.39 is 30.4 Å². The lowest BCUT2D eigenvalue weighted by Gasteiger charge is -2.16. The number of methoxy groups -OCH3 is 2. The summed E-state index contributed by atoms with van der Waals surface area (Å²) in [5.74, 6) is 0.675. The topological polar surface area (TPSA) is 167 Å². The van der Waals surface area contributed by atoms with Crippen LogP contribution in [-0.2, 0) is 16.1 Å². The molecule has 0 radical (unpaired) electrons. The average Bonchev–Trinajstić information content (AvgIpc) is 3.34. The number of hydrogen-bond donors (Lipinski definition) is 4. The molecule has 1 amide bonds. The Kier molecular flexibility index (Phi) is 5.59. The Morgan fingerprint density at radius 2 is 1.97 bits per heavy atom. The molecular weight excluding hydrogens is 408 g/mol. The molecule has 12 heteroatoms. The van der Waals surface area contributed by atoms with Gasteiger partial charge in [-0.25, -0.2) is 15.0 Å². The fourth-order valence-corrected chi connectivity index (χ4v) is 3.44. The molecule has 164 valence electrons. The first-order valence-corrected chi connectivity index (χ1v) is 9.37. The maximum atomic E-state index is 12.7. The number of nitrogens with two attached hydrogens (primary N) is 1. The van der Waals surface area contributed by atoms with Gasteiger partial charge in [-0.1, -0.05) is 6.07 Å². The molecule has 3 heterocycles. The van der Waals surface area contributed by atoms with E-state index in [1.165, 1.54) is 31.4 Å². The highest BCUT2D eigenvalue weighted by atomic mass is 16.6. The van der Waals surface area contributed by atoms with Gasteiger partial charge in [0, 0.05) is 6.54 Å². The standard InChI is InChI=1S/C19H22N6O6/c1-29-10-4-3-9(5-11(10)30-2)6-21-18(28)15-13(26)14(27)19(31-15)25-8-24-12-16(20)22-7-23-17(12)25/h3-5,7-8,13-15,19,26-27H,6H2,1-2H3,(H,21,28)(H2,20,22,23)/t13-,14+,15-,19+/m0/s1. The molecule has 0 unspecified atom stereocenters. The third kappa shape index (κ3) is 3.71. The zero-order valence-corrected chi connectivity index (χ0v) is 16.8. The van der Waals surface area contributed by atoms with E-state index in [0.29, 0.717) is 22.7 Å². The number of benzene rings is 1. The molecule has 1 aromatic carbocycles. The summed E-state index contributed by atoms with van der Waals surface area (Å²) in [5.41, 5.74) is 7.17. The number of rotatable bonds is 6. The van der Waals surface area contributed by atoms with Crippen molar-refractivity contribution in [3.63, 3.8) is 0 Å². The van der Waals surface area contributed by atoms with Gasteiger partial charge < -0.3 is 35.5 Å². The van der Waals surface area contributed by atoms with Gasteiger partial charge in [-0.05, 0) is 17.7 Å². The summed E-state index contributed by atoms with van der Waals surface area (Å²) in [7, 11) is 3.05. The second-order valence-electron chi connectivity index (χ2n) is 6.92. The molecule has 0 aliphatic carbocycles. The van der Waals surface area contributed by atoms with Crippen molar-refractivity contribution >= 4 is 22.9 Å². The van der Waals surface area contributed by atoms with E-state index in [1.807, 2.05) is 0 Å². The van der Waals surface area contributed by atoms with E-state index in [4.69, 9.17) is 19.9 Å². The Balaban J connectivity index is 1.47. The zero-order chi connectivity index (χ0) is 22.1. The number of aliphatic hydroxyl groups excluding tert-OH is 2. The Bertz CT molecular complexity index is 1100. The van der Waals surface area contributed by atoms with Gasteiger partial charge in [0.25, 0.3) is 5.91 Å². The quantitative estimate of drug-likeness (QED) is 0.395. The summed E-state index contributed by atoms with van der Waals surface area (Å²) in [6, 6.07) is 5.22. The Morgan fingerprint density at radius 1 is 1.19 bits per heavy atom. The summed E-state index contributed by atoms with van der Waals surface area (Å²) >= 11 is 0. The third-order valence-electron chi connectivity index (χ3n) is 5.07. The maximum Gasteiger partial charge on any atom is 0.252 e. The summed E-state index contributed by atoms with van der Waals surface area (Å²) in [5, 5.41) is 23.6. The number of nitrogens with one attached hydrogen (secondary N) is 1. The molecule has 12 nitrogen and oxygen atoms in total. The van der Waals surface area contributed by atoms with Crippen molar-refractivity contribution in [3.05, 3.63) is 36.4 Å². The molecule has 31 heavy (non-hydrogen) atoms. The van der Waals surface area contributed by atoms with Crippen LogP contribution < -0.4 is 20.5 Å². The highest BCUT2D eigenvalue weighted by Gasteiger charge is 2.47. The molecule has 4 rings (SSSR count). The van der Waals surface area contributed by atoms with E-state index in [2.05, 4.69) is 20.3 Å². The SMILES string of the molecule is COc1ccc(CNC(=O)[C@H]2O[C@@H](n3cnc4c(N)ncnc43)[C@H](O)[C@@H]2O)cc1OC. The van der Waals surface area contributed by atoms with Gasteiger partial charge in [-0.3, -0.25) is 9.36 Å². The number of nitrogen functional groups attached to an aromatic ring is 1. The van der Waals surface area contributed by atoms with Gasteiger partial charge in [0.05, 0.1) is 20.5 Å². The van der Waals surface area contributed by atoms with Crippen LogP contribution in [0.15, 0.2) is 30.9 Å². The van der Waals surface area contributed by atoms with Crippen LogP contribution in [0.5, 0.6) is 11.5 Å². The van der Waals surface area contributed by atoms with Crippen molar-refractivity contribution in [2.45, 2.75) is 31.1 Å². The maximum absolute atomic E-state index is 12.7. The minimum absolute atomic E-state index is 0.157. The number of amides is 1. The van der Waals surface area contributed by atoms with Crippen molar-refractivity contribution in [2.24, 2.45) is 0 Å². The number of carbonyl (C=O) groups excluding carboxylic acids is 1. The molecule has 3 aromatic rings. The Morgan fingerprint density at radius 3 is 2.71 bits per heavy atom. The van der Waals surface area contributed by atoms with Crippen molar-refractivity contribution in [1.29, 1.82) is 0 Å². The molecule has 1 aliphatic heterocycles. The minimum atomic E-state index is -1.45. The van der Waals surface area contributed by atoms with Gasteiger partial charge >= 0.3 is 0 Å². The summed E-state index contributed by atoms with van der Waals surface area (Å²) in [6.07, 6.45) is -2.60. The summed E-state index contributed by atoms with van der Waals surface area (Å²) < 4.78 is 17.5. The van der Waals surface area contributed by atoms with Gasteiger partial charge in [0.2, 0.25) is 0 Å². The molecule has 0 bridgehead atoms. The van der Waals surface area contributed by atoms with Crippen LogP contribution in [0.3, 0.4) is 0 Å². The second-order valence-corrected chi connectivity index (χ2v) is 6.92. The van der Waals surface area contributed by atoms with E-state index in [1.54, 1.807) is 18.2 Å². The molecule has 0 spiro atoms. The van der Waals surface area contributed by atoms with Gasteiger partial charge in [-0.15, -0.1) is 0 Å². The van der Waals surface area contributed by atoms with Crippen LogP contribution in [0.4, 0.5) is 5.82 Å². The molecule has 0 saturated carbocycles. The third-order valence-corrected chi connectivity index (χ3v) is 5.07. The number of imidazole rings is 1. The Hall–Kier alpha value is -3.48. The van der Waals surface area contributed by atoms with Crippen LogP contribution in [0, 0.1) is 0 Å². The van der Waals surface area contributed by atoms with Gasteiger partial charge in [0.15, 0.2) is 35.3 Å². The first kappa shape index (κ1) is 20.8. The van der Waals surface area contributed by atoms with Crippen LogP contribution in [0.25, 0.3) is 11.2 Å². The van der Waals surface area contributed by atoms with Gasteiger partial charge in [-0.2, -0.15) is 0 Å². The number of anilines is 1. The number of ether oxygens (including phenoxy) is 3. The summed E-state index contributed by atoms with van der Waals surface area (Å²) in [4.78, 5) is 24.7. The zero-order valence-electron chi connectivity index (χ0n) is 16.8. The molecule has 1 fully saturated rings. The fraction of sp³-hybridized carbons (Fsp3) is 0.368. The number of carbonyl (C=O) groups is 1. The highest BCUT2D eigenvalue weighted by Crippen LogP contribution is 2.32. The lowest BCUT2D eigenvalue weighted by atomic mass is 10.1. The molecule has 5 N–H and O–H groups in total. The van der Waals surface area contributed by atoms with E-state index in [-0.39, 0.29) is 12.4 Å². The number of nitrogens with zero attached hydrogens (tertiary/aromatic N) is 4. The molecular formula is C19H22N6O6. The predicted octanol–water partition coefficient (Wildman–Crippen LogP) is -0.639. The van der Waals surface area contributed by atoms with Crippen LogP contribution in [-0.4, -0.2) is 68.2 Å². The van der Waals surface area contributed by atoms with Crippen molar-refractivity contribution < 1.29 is 29.2 Å². The number of hydrogen-bond acceptors (Lipinski definition) is 10. The lowest BCUT2D eigenvalue weighted by molar-refractivity contribution is -0.137. The number of fused-ring (bicyclic) bond motifs is 1. The number of aromatic nitrogens is 4. The summed E-state index contributed by atoms with van der Waals surface area (Å²) in [6.45, 7) is 0.157.